The van der Waals surface area contributed by atoms with Crippen LogP contribution in [0.25, 0.3) is 0 Å². The zero-order valence-electron chi connectivity index (χ0n) is 14.9. The minimum Gasteiger partial charge on any atom is -0.354 e. The van der Waals surface area contributed by atoms with E-state index in [0.29, 0.717) is 31.7 Å². The van der Waals surface area contributed by atoms with Gasteiger partial charge in [0.05, 0.1) is 0 Å². The monoisotopic (exact) mass is 335 g/mol. The van der Waals surface area contributed by atoms with Gasteiger partial charge in [0.2, 0.25) is 5.91 Å². The highest BCUT2D eigenvalue weighted by Crippen LogP contribution is 2.23. The quantitative estimate of drug-likeness (QED) is 0.751. The predicted octanol–water partition coefficient (Wildman–Crippen LogP) is 1.17. The maximum Gasteiger partial charge on any atom is 0.274 e. The third-order valence-electron chi connectivity index (χ3n) is 4.40. The second kappa shape index (κ2) is 7.79. The summed E-state index contributed by atoms with van der Waals surface area (Å²) in [4.78, 5) is 26.3. The number of carbonyl (C=O) groups is 2. The van der Waals surface area contributed by atoms with Crippen molar-refractivity contribution in [3.05, 3.63) is 17.5 Å². The Morgan fingerprint density at radius 3 is 2.79 bits per heavy atom. The fourth-order valence-corrected chi connectivity index (χ4v) is 2.89. The van der Waals surface area contributed by atoms with Crippen molar-refractivity contribution < 1.29 is 9.59 Å². The molecule has 0 radical (unpaired) electrons. The summed E-state index contributed by atoms with van der Waals surface area (Å²) < 4.78 is 0. The summed E-state index contributed by atoms with van der Waals surface area (Å²) in [6.45, 7) is 7.74. The molecule has 24 heavy (non-hydrogen) atoms. The first-order valence-electron chi connectivity index (χ1n) is 8.66. The normalized spacial score (nSPS) is 18.5. The first-order valence-corrected chi connectivity index (χ1v) is 8.66. The molecule has 1 atom stereocenters. The topological polar surface area (TPSA) is 104 Å². The van der Waals surface area contributed by atoms with E-state index in [1.54, 1.807) is 0 Å². The number of aromatic amines is 1. The van der Waals surface area contributed by atoms with Crippen LogP contribution in [-0.4, -0.2) is 52.6 Å². The van der Waals surface area contributed by atoms with E-state index in [4.69, 9.17) is 5.73 Å². The predicted molar refractivity (Wildman–Crippen MR) is 92.6 cm³/mol. The lowest BCUT2D eigenvalue weighted by molar-refractivity contribution is -0.121. The molecule has 7 nitrogen and oxygen atoms in total. The molecule has 0 aliphatic carbocycles. The van der Waals surface area contributed by atoms with Crippen LogP contribution in [0.5, 0.6) is 0 Å². The van der Waals surface area contributed by atoms with Crippen LogP contribution in [0.3, 0.4) is 0 Å². The second-order valence-electron chi connectivity index (χ2n) is 7.41. The molecule has 2 rings (SSSR count). The zero-order chi connectivity index (χ0) is 17.7. The minimum absolute atomic E-state index is 0.0164. The molecule has 1 aromatic heterocycles. The molecular weight excluding hydrogens is 306 g/mol. The lowest BCUT2D eigenvalue weighted by Gasteiger charge is -2.35. The number of hydrogen-bond acceptors (Lipinski definition) is 4. The van der Waals surface area contributed by atoms with Gasteiger partial charge in [-0.15, -0.1) is 0 Å². The first-order chi connectivity index (χ1) is 11.3. The van der Waals surface area contributed by atoms with E-state index in [-0.39, 0.29) is 23.3 Å². The van der Waals surface area contributed by atoms with Crippen LogP contribution in [-0.2, 0) is 10.2 Å². The largest absolute Gasteiger partial charge is 0.354 e. The van der Waals surface area contributed by atoms with Crippen LogP contribution < -0.4 is 11.1 Å². The molecule has 2 heterocycles. The van der Waals surface area contributed by atoms with E-state index in [1.165, 1.54) is 0 Å². The molecule has 0 spiro atoms. The average molecular weight is 335 g/mol. The van der Waals surface area contributed by atoms with Crippen LogP contribution in [0.2, 0.25) is 0 Å². The van der Waals surface area contributed by atoms with Crippen molar-refractivity contribution in [1.82, 2.24) is 20.4 Å². The summed E-state index contributed by atoms with van der Waals surface area (Å²) in [5.41, 5.74) is 6.69. The molecule has 0 bridgehead atoms. The second-order valence-corrected chi connectivity index (χ2v) is 7.41. The SMILES string of the molecule is CC(C)(C)c1cc(C(=O)N2CCCCC2CNC(=O)CCN)n[nH]1. The molecule has 1 fully saturated rings. The number of nitrogens with one attached hydrogen (secondary N) is 2. The molecule has 1 saturated heterocycles. The van der Waals surface area contributed by atoms with Crippen molar-refractivity contribution in [2.24, 2.45) is 5.73 Å². The number of likely N-dealkylation sites (tertiary alicyclic amines) is 1. The summed E-state index contributed by atoms with van der Waals surface area (Å²) in [5.74, 6) is -0.134. The van der Waals surface area contributed by atoms with Gasteiger partial charge in [-0.2, -0.15) is 5.10 Å². The van der Waals surface area contributed by atoms with Gasteiger partial charge in [-0.05, 0) is 25.3 Å². The van der Waals surface area contributed by atoms with Gasteiger partial charge in [0.1, 0.15) is 5.69 Å². The lowest BCUT2D eigenvalue weighted by Crippen LogP contribution is -2.49. The van der Waals surface area contributed by atoms with Crippen LogP contribution in [0.15, 0.2) is 6.07 Å². The highest BCUT2D eigenvalue weighted by molar-refractivity contribution is 5.92. The molecule has 1 aromatic rings. The van der Waals surface area contributed by atoms with Crippen molar-refractivity contribution in [2.45, 2.75) is 57.9 Å². The Labute approximate surface area is 143 Å². The highest BCUT2D eigenvalue weighted by Gasteiger charge is 2.30. The number of carbonyl (C=O) groups excluding carboxylic acids is 2. The van der Waals surface area contributed by atoms with Crippen molar-refractivity contribution >= 4 is 11.8 Å². The Balaban J connectivity index is 2.04. The maximum absolute atomic E-state index is 12.8. The van der Waals surface area contributed by atoms with E-state index in [0.717, 1.165) is 25.0 Å². The molecule has 0 aromatic carbocycles. The molecule has 134 valence electrons. The Kier molecular flexibility index (Phi) is 5.99. The van der Waals surface area contributed by atoms with Crippen molar-refractivity contribution in [1.29, 1.82) is 0 Å². The van der Waals surface area contributed by atoms with Crippen molar-refractivity contribution in [3.63, 3.8) is 0 Å². The fourth-order valence-electron chi connectivity index (χ4n) is 2.89. The smallest absolute Gasteiger partial charge is 0.274 e. The van der Waals surface area contributed by atoms with E-state index in [1.807, 2.05) is 11.0 Å². The summed E-state index contributed by atoms with van der Waals surface area (Å²) in [6, 6.07) is 1.85. The lowest BCUT2D eigenvalue weighted by atomic mass is 9.92. The van der Waals surface area contributed by atoms with Gasteiger partial charge in [0.15, 0.2) is 0 Å². The molecule has 1 aliphatic rings. The van der Waals surface area contributed by atoms with Gasteiger partial charge in [0.25, 0.3) is 5.91 Å². The Hall–Kier alpha value is -1.89. The average Bonchev–Trinajstić information content (AvgIpc) is 3.03. The Morgan fingerprint density at radius 2 is 2.17 bits per heavy atom. The number of hydrogen-bond donors (Lipinski definition) is 3. The molecule has 0 saturated carbocycles. The van der Waals surface area contributed by atoms with Gasteiger partial charge < -0.3 is 16.0 Å². The summed E-state index contributed by atoms with van der Waals surface area (Å²) in [6.07, 6.45) is 3.25. The van der Waals surface area contributed by atoms with E-state index in [9.17, 15) is 9.59 Å². The van der Waals surface area contributed by atoms with Gasteiger partial charge in [-0.1, -0.05) is 20.8 Å². The maximum atomic E-state index is 12.8. The summed E-state index contributed by atoms with van der Waals surface area (Å²) in [5, 5.41) is 10.0. The van der Waals surface area contributed by atoms with Gasteiger partial charge in [-0.3, -0.25) is 14.7 Å². The molecule has 1 aliphatic heterocycles. The molecular formula is C17H29N5O2. The van der Waals surface area contributed by atoms with Crippen molar-refractivity contribution in [2.75, 3.05) is 19.6 Å². The number of piperidine rings is 1. The number of nitrogens with two attached hydrogens (primary N) is 1. The highest BCUT2D eigenvalue weighted by atomic mass is 16.2. The van der Waals surface area contributed by atoms with Gasteiger partial charge >= 0.3 is 0 Å². The van der Waals surface area contributed by atoms with E-state index in [2.05, 4.69) is 36.3 Å². The minimum atomic E-state index is -0.0803. The van der Waals surface area contributed by atoms with E-state index < -0.39 is 0 Å². The molecule has 1 unspecified atom stereocenters. The van der Waals surface area contributed by atoms with Crippen molar-refractivity contribution in [3.8, 4) is 0 Å². The third kappa shape index (κ3) is 4.56. The van der Waals surface area contributed by atoms with Gasteiger partial charge in [-0.25, -0.2) is 0 Å². The fraction of sp³-hybridized carbons (Fsp3) is 0.706. The van der Waals surface area contributed by atoms with Crippen LogP contribution in [0, 0.1) is 0 Å². The number of aromatic nitrogens is 2. The number of amides is 2. The van der Waals surface area contributed by atoms with E-state index >= 15 is 0 Å². The van der Waals surface area contributed by atoms with Crippen LogP contribution >= 0.6 is 0 Å². The summed E-state index contributed by atoms with van der Waals surface area (Å²) >= 11 is 0. The molecule has 7 heteroatoms. The molecule has 4 N–H and O–H groups in total. The van der Waals surface area contributed by atoms with Crippen LogP contribution in [0.1, 0.15) is 62.6 Å². The standard InChI is InChI=1S/C17H29N5O2/c1-17(2,3)14-10-13(20-21-14)16(24)22-9-5-4-6-12(22)11-19-15(23)7-8-18/h10,12H,4-9,11,18H2,1-3H3,(H,19,23)(H,20,21). The summed E-state index contributed by atoms with van der Waals surface area (Å²) in [7, 11) is 0. The van der Waals surface area contributed by atoms with Gasteiger partial charge in [0, 0.05) is 43.2 Å². The Morgan fingerprint density at radius 1 is 1.42 bits per heavy atom. The Bertz CT molecular complexity index is 576. The number of rotatable bonds is 5. The third-order valence-corrected chi connectivity index (χ3v) is 4.40. The number of nitrogens with zero attached hydrogens (tertiary/aromatic N) is 2. The van der Waals surface area contributed by atoms with Crippen LogP contribution in [0.4, 0.5) is 0 Å². The number of H-pyrrole nitrogens is 1. The first kappa shape index (κ1) is 18.4. The molecule has 2 amide bonds. The zero-order valence-corrected chi connectivity index (χ0v) is 14.9.